The van der Waals surface area contributed by atoms with E-state index in [1.54, 1.807) is 23.9 Å². The summed E-state index contributed by atoms with van der Waals surface area (Å²) in [4.78, 5) is 12.4. The van der Waals surface area contributed by atoms with Crippen molar-refractivity contribution in [1.82, 2.24) is 15.1 Å². The molecule has 0 aliphatic heterocycles. The Labute approximate surface area is 154 Å². The number of carbonyl (C=O) groups is 1. The molecular formula is C19H19F2N3O3. The van der Waals surface area contributed by atoms with Gasteiger partial charge in [0, 0.05) is 19.0 Å². The van der Waals surface area contributed by atoms with Crippen LogP contribution < -0.4 is 10.1 Å². The molecule has 0 spiro atoms. The first-order chi connectivity index (χ1) is 13.1. The number of para-hydroxylation sites is 1. The van der Waals surface area contributed by atoms with Gasteiger partial charge in [-0.25, -0.2) is 0 Å². The Hall–Kier alpha value is -3.00. The highest BCUT2D eigenvalue weighted by Crippen LogP contribution is 2.21. The van der Waals surface area contributed by atoms with Crippen LogP contribution in [0, 0.1) is 0 Å². The van der Waals surface area contributed by atoms with Gasteiger partial charge in [-0.05, 0) is 23.8 Å². The average molecular weight is 375 g/mol. The molecule has 27 heavy (non-hydrogen) atoms. The fourth-order valence-corrected chi connectivity index (χ4v) is 2.72. The highest BCUT2D eigenvalue weighted by molar-refractivity contribution is 6.04. The molecule has 3 aromatic rings. The molecule has 1 aromatic heterocycles. The third-order valence-corrected chi connectivity index (χ3v) is 3.95. The predicted octanol–water partition coefficient (Wildman–Crippen LogP) is 3.06. The second-order valence-corrected chi connectivity index (χ2v) is 5.79. The van der Waals surface area contributed by atoms with E-state index in [0.717, 1.165) is 16.5 Å². The molecule has 0 radical (unpaired) electrons. The van der Waals surface area contributed by atoms with Crippen molar-refractivity contribution in [3.05, 3.63) is 59.8 Å². The van der Waals surface area contributed by atoms with Gasteiger partial charge in [-0.15, -0.1) is 0 Å². The number of hydrogen-bond acceptors (Lipinski definition) is 4. The summed E-state index contributed by atoms with van der Waals surface area (Å²) in [6.07, 6.45) is 0. The molecule has 0 unspecified atom stereocenters. The Morgan fingerprint density at radius 1 is 1.19 bits per heavy atom. The van der Waals surface area contributed by atoms with Crippen LogP contribution in [0.15, 0.2) is 48.5 Å². The summed E-state index contributed by atoms with van der Waals surface area (Å²) in [5, 5.41) is 7.95. The van der Waals surface area contributed by atoms with Crippen LogP contribution in [0.3, 0.4) is 0 Å². The number of methoxy groups -OCH3 is 1. The van der Waals surface area contributed by atoms with Crippen LogP contribution in [0.5, 0.6) is 5.75 Å². The van der Waals surface area contributed by atoms with Crippen LogP contribution in [-0.4, -0.2) is 42.6 Å². The number of amides is 1. The van der Waals surface area contributed by atoms with Crippen molar-refractivity contribution in [2.24, 2.45) is 0 Å². The molecule has 8 heteroatoms. The Morgan fingerprint density at radius 2 is 1.93 bits per heavy atom. The summed E-state index contributed by atoms with van der Waals surface area (Å²) < 4.78 is 35.5. The number of aromatic nitrogens is 2. The van der Waals surface area contributed by atoms with Crippen molar-refractivity contribution in [2.75, 3.05) is 20.3 Å². The number of carbonyl (C=O) groups excluding carboxylic acids is 1. The zero-order valence-corrected chi connectivity index (χ0v) is 14.7. The van der Waals surface area contributed by atoms with Crippen molar-refractivity contribution >= 4 is 16.8 Å². The standard InChI is InChI=1S/C19H19F2N3O3/c1-26-11-10-22-18(25)17-15-4-2-3-5-16(15)24(23-17)12-13-6-8-14(9-7-13)27-19(20)21/h2-9,19H,10-12H2,1H3,(H,22,25). The number of alkyl halides is 2. The first kappa shape index (κ1) is 18.8. The lowest BCUT2D eigenvalue weighted by molar-refractivity contribution is -0.0498. The van der Waals surface area contributed by atoms with Crippen LogP contribution in [0.2, 0.25) is 0 Å². The molecule has 0 atom stereocenters. The quantitative estimate of drug-likeness (QED) is 0.615. The number of halogens is 2. The number of rotatable bonds is 8. The van der Waals surface area contributed by atoms with Crippen LogP contribution in [0.4, 0.5) is 8.78 Å². The molecule has 142 valence electrons. The van der Waals surface area contributed by atoms with Crippen LogP contribution >= 0.6 is 0 Å². The van der Waals surface area contributed by atoms with E-state index in [0.29, 0.717) is 25.4 Å². The summed E-state index contributed by atoms with van der Waals surface area (Å²) in [7, 11) is 1.56. The van der Waals surface area contributed by atoms with Gasteiger partial charge in [0.1, 0.15) is 5.75 Å². The van der Waals surface area contributed by atoms with E-state index in [1.807, 2.05) is 24.3 Å². The Bertz CT molecular complexity index is 910. The Balaban J connectivity index is 1.83. The Morgan fingerprint density at radius 3 is 2.63 bits per heavy atom. The first-order valence-corrected chi connectivity index (χ1v) is 8.35. The van der Waals surface area contributed by atoms with E-state index in [4.69, 9.17) is 4.74 Å². The van der Waals surface area contributed by atoms with Gasteiger partial charge in [0.15, 0.2) is 5.69 Å². The maximum Gasteiger partial charge on any atom is 0.387 e. The highest BCUT2D eigenvalue weighted by Gasteiger charge is 2.16. The SMILES string of the molecule is COCCNC(=O)c1nn(Cc2ccc(OC(F)F)cc2)c2ccccc12. The second kappa shape index (κ2) is 8.59. The van der Waals surface area contributed by atoms with E-state index < -0.39 is 6.61 Å². The van der Waals surface area contributed by atoms with Crippen LogP contribution in [0.1, 0.15) is 16.1 Å². The molecule has 0 saturated heterocycles. The number of ether oxygens (including phenoxy) is 2. The summed E-state index contributed by atoms with van der Waals surface area (Å²) in [5.74, 6) is -0.181. The van der Waals surface area contributed by atoms with Gasteiger partial charge in [0.2, 0.25) is 0 Å². The number of hydrogen-bond donors (Lipinski definition) is 1. The lowest BCUT2D eigenvalue weighted by atomic mass is 10.2. The molecule has 1 heterocycles. The molecule has 3 rings (SSSR count). The van der Waals surface area contributed by atoms with E-state index in [-0.39, 0.29) is 11.7 Å². The maximum atomic E-state index is 12.4. The van der Waals surface area contributed by atoms with E-state index in [2.05, 4.69) is 15.2 Å². The molecule has 0 fully saturated rings. The van der Waals surface area contributed by atoms with Crippen molar-refractivity contribution in [1.29, 1.82) is 0 Å². The smallest absolute Gasteiger partial charge is 0.387 e. The first-order valence-electron chi connectivity index (χ1n) is 8.35. The number of nitrogens with one attached hydrogen (secondary N) is 1. The van der Waals surface area contributed by atoms with Crippen LogP contribution in [0.25, 0.3) is 10.9 Å². The van der Waals surface area contributed by atoms with Gasteiger partial charge in [0.25, 0.3) is 5.91 Å². The molecule has 6 nitrogen and oxygen atoms in total. The van der Waals surface area contributed by atoms with Gasteiger partial charge >= 0.3 is 6.61 Å². The van der Waals surface area contributed by atoms with E-state index >= 15 is 0 Å². The zero-order chi connectivity index (χ0) is 19.2. The molecule has 0 aliphatic carbocycles. The predicted molar refractivity (Wildman–Crippen MR) is 96.1 cm³/mol. The molecule has 2 aromatic carbocycles. The molecule has 1 N–H and O–H groups in total. The minimum atomic E-state index is -2.86. The average Bonchev–Trinajstić information content (AvgIpc) is 3.02. The van der Waals surface area contributed by atoms with Crippen molar-refractivity contribution in [2.45, 2.75) is 13.2 Å². The topological polar surface area (TPSA) is 65.4 Å². The van der Waals surface area contributed by atoms with Crippen molar-refractivity contribution in [3.63, 3.8) is 0 Å². The second-order valence-electron chi connectivity index (χ2n) is 5.79. The zero-order valence-electron chi connectivity index (χ0n) is 14.7. The molecule has 0 saturated carbocycles. The minimum absolute atomic E-state index is 0.0947. The van der Waals surface area contributed by atoms with E-state index in [1.165, 1.54) is 12.1 Å². The highest BCUT2D eigenvalue weighted by atomic mass is 19.3. The third-order valence-electron chi connectivity index (χ3n) is 3.95. The number of nitrogens with zero attached hydrogens (tertiary/aromatic N) is 2. The van der Waals surface area contributed by atoms with Crippen molar-refractivity contribution in [3.8, 4) is 5.75 Å². The molecule has 0 aliphatic rings. The number of fused-ring (bicyclic) bond motifs is 1. The summed E-state index contributed by atoms with van der Waals surface area (Å²) >= 11 is 0. The number of benzene rings is 2. The van der Waals surface area contributed by atoms with Gasteiger partial charge in [0.05, 0.1) is 18.7 Å². The largest absolute Gasteiger partial charge is 0.435 e. The lowest BCUT2D eigenvalue weighted by Crippen LogP contribution is -2.27. The van der Waals surface area contributed by atoms with Crippen molar-refractivity contribution < 1.29 is 23.0 Å². The van der Waals surface area contributed by atoms with Gasteiger partial charge in [-0.1, -0.05) is 30.3 Å². The fourth-order valence-electron chi connectivity index (χ4n) is 2.72. The normalized spacial score (nSPS) is 11.1. The van der Waals surface area contributed by atoms with Crippen LogP contribution in [-0.2, 0) is 11.3 Å². The summed E-state index contributed by atoms with van der Waals surface area (Å²) in [6.45, 7) is -1.66. The summed E-state index contributed by atoms with van der Waals surface area (Å²) in [5.41, 5.74) is 1.98. The lowest BCUT2D eigenvalue weighted by Gasteiger charge is -2.07. The van der Waals surface area contributed by atoms with Gasteiger partial charge in [-0.3, -0.25) is 9.48 Å². The summed E-state index contributed by atoms with van der Waals surface area (Å²) in [6, 6.07) is 13.8. The Kier molecular flexibility index (Phi) is 5.97. The molecular weight excluding hydrogens is 356 g/mol. The monoisotopic (exact) mass is 375 g/mol. The van der Waals surface area contributed by atoms with Gasteiger partial charge < -0.3 is 14.8 Å². The fraction of sp³-hybridized carbons (Fsp3) is 0.263. The maximum absolute atomic E-state index is 12.4. The van der Waals surface area contributed by atoms with E-state index in [9.17, 15) is 13.6 Å². The third kappa shape index (κ3) is 4.59. The minimum Gasteiger partial charge on any atom is -0.435 e. The molecule has 0 bridgehead atoms. The van der Waals surface area contributed by atoms with Gasteiger partial charge in [-0.2, -0.15) is 13.9 Å². The molecule has 1 amide bonds.